The number of halogens is 1. The summed E-state index contributed by atoms with van der Waals surface area (Å²) in [4.78, 5) is 27.1. The first-order valence-electron chi connectivity index (χ1n) is 9.34. The minimum atomic E-state index is -0.631. The number of nitro benzene ring substituents is 1. The minimum Gasteiger partial charge on any atom is -0.374 e. The highest BCUT2D eigenvalue weighted by Crippen LogP contribution is 2.27. The van der Waals surface area contributed by atoms with Crippen LogP contribution in [0.3, 0.4) is 0 Å². The van der Waals surface area contributed by atoms with Gasteiger partial charge in [-0.3, -0.25) is 19.8 Å². The summed E-state index contributed by atoms with van der Waals surface area (Å²) in [6.45, 7) is 3.87. The molecule has 9 heteroatoms. The molecule has 0 spiro atoms. The molecular formula is C21H20ClN5O3. The first-order valence-corrected chi connectivity index (χ1v) is 9.71. The Balaban J connectivity index is 1.59. The number of anilines is 1. The standard InChI is InChI=1S/C21H20ClN5O3/c22-19-7-6-18(12-20(19)27(29)30)24-21(28)17(13-23)15-26-10-8-25(9-11-26)14-16-4-2-1-3-5-16/h1-7,12,15H,8-11,14H2,(H,24,28)/b17-15-. The summed E-state index contributed by atoms with van der Waals surface area (Å²) >= 11 is 5.78. The molecule has 8 nitrogen and oxygen atoms in total. The molecule has 30 heavy (non-hydrogen) atoms. The number of carbonyl (C=O) groups is 1. The first kappa shape index (κ1) is 21.3. The van der Waals surface area contributed by atoms with Gasteiger partial charge in [0, 0.05) is 50.7 Å². The SMILES string of the molecule is N#C/C(=C/N1CCN(Cc2ccccc2)CC1)C(=O)Nc1ccc(Cl)c([N+](=O)[O-])c1. The third kappa shape index (κ3) is 5.56. The summed E-state index contributed by atoms with van der Waals surface area (Å²) in [6, 6.07) is 16.0. The maximum Gasteiger partial charge on any atom is 0.289 e. The Bertz CT molecular complexity index is 995. The molecule has 1 fully saturated rings. The summed E-state index contributed by atoms with van der Waals surface area (Å²) in [5, 5.41) is 22.9. The molecule has 0 aliphatic carbocycles. The summed E-state index contributed by atoms with van der Waals surface area (Å²) in [5.74, 6) is -0.624. The fraction of sp³-hybridized carbons (Fsp3) is 0.238. The molecule has 1 amide bonds. The molecule has 0 saturated carbocycles. The van der Waals surface area contributed by atoms with E-state index in [-0.39, 0.29) is 22.0 Å². The lowest BCUT2D eigenvalue weighted by atomic mass is 10.2. The van der Waals surface area contributed by atoms with Crippen LogP contribution < -0.4 is 5.32 Å². The van der Waals surface area contributed by atoms with Crippen molar-refractivity contribution >= 4 is 28.9 Å². The molecule has 1 heterocycles. The maximum absolute atomic E-state index is 12.4. The van der Waals surface area contributed by atoms with Gasteiger partial charge >= 0.3 is 0 Å². The third-order valence-corrected chi connectivity index (χ3v) is 5.05. The number of nitro groups is 1. The van der Waals surface area contributed by atoms with Gasteiger partial charge in [-0.15, -0.1) is 0 Å². The van der Waals surface area contributed by atoms with Crippen molar-refractivity contribution in [2.24, 2.45) is 0 Å². The van der Waals surface area contributed by atoms with Crippen molar-refractivity contribution in [1.29, 1.82) is 5.26 Å². The number of hydrogen-bond donors (Lipinski definition) is 1. The Hall–Kier alpha value is -3.41. The molecule has 3 rings (SSSR count). The van der Waals surface area contributed by atoms with Gasteiger partial charge in [0.15, 0.2) is 0 Å². The van der Waals surface area contributed by atoms with E-state index in [1.165, 1.54) is 17.7 Å². The van der Waals surface area contributed by atoms with E-state index in [1.807, 2.05) is 29.2 Å². The molecule has 154 valence electrons. The Labute approximate surface area is 179 Å². The normalized spacial score (nSPS) is 14.8. The second kappa shape index (κ2) is 9.87. The van der Waals surface area contributed by atoms with Gasteiger partial charge < -0.3 is 10.2 Å². The van der Waals surface area contributed by atoms with Crippen LogP contribution in [0.5, 0.6) is 0 Å². The first-order chi connectivity index (χ1) is 14.5. The number of carbonyl (C=O) groups excluding carboxylic acids is 1. The van der Waals surface area contributed by atoms with Crippen molar-refractivity contribution in [2.45, 2.75) is 6.54 Å². The van der Waals surface area contributed by atoms with Gasteiger partial charge in [-0.1, -0.05) is 41.9 Å². The number of benzene rings is 2. The monoisotopic (exact) mass is 425 g/mol. The molecule has 1 saturated heterocycles. The number of rotatable bonds is 6. The third-order valence-electron chi connectivity index (χ3n) is 4.73. The van der Waals surface area contributed by atoms with E-state index in [9.17, 15) is 20.2 Å². The lowest BCUT2D eigenvalue weighted by Crippen LogP contribution is -2.43. The number of nitrogens with one attached hydrogen (secondary N) is 1. The molecule has 0 unspecified atom stereocenters. The van der Waals surface area contributed by atoms with E-state index < -0.39 is 10.8 Å². The highest BCUT2D eigenvalue weighted by molar-refractivity contribution is 6.32. The van der Waals surface area contributed by atoms with Crippen LogP contribution in [0.2, 0.25) is 5.02 Å². The van der Waals surface area contributed by atoms with Crippen LogP contribution in [0.25, 0.3) is 0 Å². The summed E-state index contributed by atoms with van der Waals surface area (Å²) in [5.41, 5.74) is 1.07. The Morgan fingerprint density at radius 1 is 1.20 bits per heavy atom. The Kier molecular flexibility index (Phi) is 7.01. The summed E-state index contributed by atoms with van der Waals surface area (Å²) in [7, 11) is 0. The minimum absolute atomic E-state index is 0.0255. The van der Waals surface area contributed by atoms with Crippen molar-refractivity contribution in [3.63, 3.8) is 0 Å². The summed E-state index contributed by atoms with van der Waals surface area (Å²) < 4.78 is 0. The average Bonchev–Trinajstić information content (AvgIpc) is 2.75. The lowest BCUT2D eigenvalue weighted by molar-refractivity contribution is -0.384. The lowest BCUT2D eigenvalue weighted by Gasteiger charge is -2.34. The zero-order valence-electron chi connectivity index (χ0n) is 16.1. The van der Waals surface area contributed by atoms with Gasteiger partial charge in [-0.25, -0.2) is 0 Å². The fourth-order valence-electron chi connectivity index (χ4n) is 3.14. The maximum atomic E-state index is 12.4. The second-order valence-electron chi connectivity index (χ2n) is 6.83. The topological polar surface area (TPSA) is 103 Å². The van der Waals surface area contributed by atoms with Crippen LogP contribution in [-0.2, 0) is 11.3 Å². The quantitative estimate of drug-likeness (QED) is 0.329. The van der Waals surface area contributed by atoms with Gasteiger partial charge in [0.2, 0.25) is 0 Å². The van der Waals surface area contributed by atoms with Crippen LogP contribution in [0, 0.1) is 21.4 Å². The Morgan fingerprint density at radius 2 is 1.90 bits per heavy atom. The number of amides is 1. The summed E-state index contributed by atoms with van der Waals surface area (Å²) in [6.07, 6.45) is 1.54. The molecule has 2 aromatic carbocycles. The van der Waals surface area contributed by atoms with Crippen molar-refractivity contribution in [2.75, 3.05) is 31.5 Å². The van der Waals surface area contributed by atoms with Crippen LogP contribution in [0.15, 0.2) is 60.3 Å². The number of hydrogen-bond acceptors (Lipinski definition) is 6. The molecule has 1 aliphatic rings. The van der Waals surface area contributed by atoms with Gasteiger partial charge in [-0.05, 0) is 17.7 Å². The molecule has 0 atom stereocenters. The number of piperazine rings is 1. The van der Waals surface area contributed by atoms with Gasteiger partial charge in [-0.2, -0.15) is 5.26 Å². The molecule has 1 aliphatic heterocycles. The second-order valence-corrected chi connectivity index (χ2v) is 7.24. The van der Waals surface area contributed by atoms with Crippen molar-refractivity contribution < 1.29 is 9.72 Å². The highest BCUT2D eigenvalue weighted by atomic mass is 35.5. The van der Waals surface area contributed by atoms with Crippen LogP contribution >= 0.6 is 11.6 Å². The van der Waals surface area contributed by atoms with Gasteiger partial charge in [0.1, 0.15) is 16.7 Å². The van der Waals surface area contributed by atoms with Crippen LogP contribution in [-0.4, -0.2) is 46.8 Å². The van der Waals surface area contributed by atoms with E-state index in [1.54, 1.807) is 6.20 Å². The zero-order chi connectivity index (χ0) is 21.5. The molecule has 0 radical (unpaired) electrons. The van der Waals surface area contributed by atoms with Crippen LogP contribution in [0.1, 0.15) is 5.56 Å². The molecular weight excluding hydrogens is 406 g/mol. The van der Waals surface area contributed by atoms with E-state index in [2.05, 4.69) is 22.3 Å². The predicted octanol–water partition coefficient (Wildman–Crippen LogP) is 3.41. The smallest absolute Gasteiger partial charge is 0.289 e. The van der Waals surface area contributed by atoms with E-state index in [0.717, 1.165) is 25.7 Å². The molecule has 0 aromatic heterocycles. The molecule has 1 N–H and O–H groups in total. The van der Waals surface area contributed by atoms with E-state index in [4.69, 9.17) is 11.6 Å². The van der Waals surface area contributed by atoms with Crippen molar-refractivity contribution in [3.8, 4) is 6.07 Å². The average molecular weight is 426 g/mol. The fourth-order valence-corrected chi connectivity index (χ4v) is 3.33. The van der Waals surface area contributed by atoms with E-state index >= 15 is 0 Å². The van der Waals surface area contributed by atoms with E-state index in [0.29, 0.717) is 13.1 Å². The van der Waals surface area contributed by atoms with Crippen molar-refractivity contribution in [1.82, 2.24) is 9.80 Å². The van der Waals surface area contributed by atoms with Gasteiger partial charge in [0.25, 0.3) is 11.6 Å². The largest absolute Gasteiger partial charge is 0.374 e. The molecule has 2 aromatic rings. The number of nitriles is 1. The Morgan fingerprint density at radius 3 is 2.53 bits per heavy atom. The number of nitrogens with zero attached hydrogens (tertiary/aromatic N) is 4. The molecule has 0 bridgehead atoms. The zero-order valence-corrected chi connectivity index (χ0v) is 16.9. The van der Waals surface area contributed by atoms with Crippen molar-refractivity contribution in [3.05, 3.63) is 81.0 Å². The van der Waals surface area contributed by atoms with Gasteiger partial charge in [0.05, 0.1) is 4.92 Å². The predicted molar refractivity (Wildman–Crippen MR) is 114 cm³/mol. The highest BCUT2D eigenvalue weighted by Gasteiger charge is 2.19. The van der Waals surface area contributed by atoms with Crippen LogP contribution in [0.4, 0.5) is 11.4 Å².